The van der Waals surface area contributed by atoms with Crippen molar-refractivity contribution in [3.63, 3.8) is 0 Å². The molecular weight excluding hydrogens is 442 g/mol. The van der Waals surface area contributed by atoms with E-state index >= 15 is 0 Å². The second-order valence-electron chi connectivity index (χ2n) is 10.0. The Kier molecular flexibility index (Phi) is 6.97. The maximum Gasteiger partial charge on any atom is 0.234 e. The van der Waals surface area contributed by atoms with Crippen LogP contribution in [0, 0.1) is 0 Å². The van der Waals surface area contributed by atoms with Crippen LogP contribution in [-0.2, 0) is 16.0 Å². The predicted octanol–water partition coefficient (Wildman–Crippen LogP) is 1.56. The first-order chi connectivity index (χ1) is 17.0. The summed E-state index contributed by atoms with van der Waals surface area (Å²) in [5.74, 6) is 1.12. The van der Waals surface area contributed by atoms with Crippen LogP contribution in [0.1, 0.15) is 37.7 Å². The zero-order valence-electron chi connectivity index (χ0n) is 20.4. The Morgan fingerprint density at radius 2 is 1.86 bits per heavy atom. The van der Waals surface area contributed by atoms with Crippen molar-refractivity contribution in [1.29, 1.82) is 0 Å². The van der Waals surface area contributed by atoms with Crippen LogP contribution in [0.15, 0.2) is 30.6 Å². The van der Waals surface area contributed by atoms with Crippen molar-refractivity contribution in [3.8, 4) is 11.3 Å². The molecule has 1 aromatic heterocycles. The van der Waals surface area contributed by atoms with Gasteiger partial charge >= 0.3 is 0 Å². The number of benzene rings is 1. The number of aryl methyl sites for hydroxylation is 1. The van der Waals surface area contributed by atoms with E-state index < -0.39 is 0 Å². The molecule has 3 aliphatic rings. The van der Waals surface area contributed by atoms with Gasteiger partial charge in [-0.3, -0.25) is 19.5 Å². The van der Waals surface area contributed by atoms with Gasteiger partial charge in [0.2, 0.25) is 11.8 Å². The van der Waals surface area contributed by atoms with Gasteiger partial charge in [0.05, 0.1) is 24.6 Å². The number of anilines is 2. The van der Waals surface area contributed by atoms with Gasteiger partial charge in [0.15, 0.2) is 0 Å². The van der Waals surface area contributed by atoms with E-state index in [9.17, 15) is 9.59 Å². The molecule has 1 aromatic carbocycles. The van der Waals surface area contributed by atoms with E-state index in [1.54, 1.807) is 11.1 Å². The van der Waals surface area contributed by atoms with E-state index in [1.165, 1.54) is 5.56 Å². The van der Waals surface area contributed by atoms with E-state index in [0.717, 1.165) is 81.0 Å². The molecular formula is C26H35N7O2. The third kappa shape index (κ3) is 5.46. The van der Waals surface area contributed by atoms with Crippen molar-refractivity contribution in [3.05, 3.63) is 36.2 Å². The second kappa shape index (κ2) is 10.3. The van der Waals surface area contributed by atoms with Gasteiger partial charge in [-0.05, 0) is 49.8 Å². The lowest BCUT2D eigenvalue weighted by molar-refractivity contribution is -0.123. The molecule has 0 radical (unpaired) electrons. The number of carbonyl (C=O) groups is 2. The molecule has 1 aliphatic carbocycles. The summed E-state index contributed by atoms with van der Waals surface area (Å²) < 4.78 is 0. The third-order valence-corrected chi connectivity index (χ3v) is 7.54. The second-order valence-corrected chi connectivity index (χ2v) is 10.0. The minimum atomic E-state index is 0.112. The summed E-state index contributed by atoms with van der Waals surface area (Å²) in [5, 5.41) is 3.19. The highest BCUT2D eigenvalue weighted by Crippen LogP contribution is 2.31. The van der Waals surface area contributed by atoms with E-state index in [2.05, 4.69) is 26.2 Å². The highest BCUT2D eigenvalue weighted by molar-refractivity contribution is 5.96. The standard InChI is InChI=1S/C26H35N7O2/c1-31-23-8-2-18(14-19(23)3-9-26(31)35)22-15-28-16-24(30-22)33-12-10-32(11-13-33)17-25(34)29-21-6-4-20(27)5-7-21/h2,8,14-16,20-21H,3-7,9-13,17,27H2,1H3,(H,29,34). The molecule has 9 heteroatoms. The molecule has 35 heavy (non-hydrogen) atoms. The fourth-order valence-electron chi connectivity index (χ4n) is 5.34. The van der Waals surface area contributed by atoms with Crippen LogP contribution >= 0.6 is 0 Å². The maximum absolute atomic E-state index is 12.5. The van der Waals surface area contributed by atoms with Gasteiger partial charge in [-0.2, -0.15) is 0 Å². The number of nitrogens with two attached hydrogens (primary N) is 1. The summed E-state index contributed by atoms with van der Waals surface area (Å²) in [4.78, 5) is 40.0. The highest BCUT2D eigenvalue weighted by Gasteiger charge is 2.24. The van der Waals surface area contributed by atoms with Crippen molar-refractivity contribution in [2.75, 3.05) is 49.6 Å². The van der Waals surface area contributed by atoms with E-state index in [0.29, 0.717) is 13.0 Å². The molecule has 9 nitrogen and oxygen atoms in total. The lowest BCUT2D eigenvalue weighted by atomic mass is 9.92. The highest BCUT2D eigenvalue weighted by atomic mass is 16.2. The molecule has 2 aliphatic heterocycles. The summed E-state index contributed by atoms with van der Waals surface area (Å²) in [6.45, 7) is 3.68. The van der Waals surface area contributed by atoms with Crippen molar-refractivity contribution >= 4 is 23.3 Å². The number of nitrogens with zero attached hydrogens (tertiary/aromatic N) is 5. The van der Waals surface area contributed by atoms with Crippen LogP contribution in [0.25, 0.3) is 11.3 Å². The summed E-state index contributed by atoms with van der Waals surface area (Å²) in [5.41, 5.74) is 9.96. The summed E-state index contributed by atoms with van der Waals surface area (Å²) in [6.07, 6.45) is 8.84. The number of piperazine rings is 1. The van der Waals surface area contributed by atoms with E-state index in [-0.39, 0.29) is 23.9 Å². The molecule has 2 amide bonds. The monoisotopic (exact) mass is 477 g/mol. The van der Waals surface area contributed by atoms with Gasteiger partial charge in [-0.1, -0.05) is 6.07 Å². The molecule has 186 valence electrons. The number of amides is 2. The lowest BCUT2D eigenvalue weighted by Gasteiger charge is -2.35. The third-order valence-electron chi connectivity index (χ3n) is 7.54. The molecule has 1 saturated heterocycles. The van der Waals surface area contributed by atoms with Gasteiger partial charge in [0, 0.05) is 63.0 Å². The first kappa shape index (κ1) is 23.7. The van der Waals surface area contributed by atoms with Crippen LogP contribution in [0.2, 0.25) is 0 Å². The molecule has 5 rings (SSSR count). The Hall–Kier alpha value is -3.04. The van der Waals surface area contributed by atoms with Gasteiger partial charge in [-0.15, -0.1) is 0 Å². The quantitative estimate of drug-likeness (QED) is 0.673. The molecule has 0 spiro atoms. The fraction of sp³-hybridized carbons (Fsp3) is 0.538. The van der Waals surface area contributed by atoms with Crippen LogP contribution in [0.4, 0.5) is 11.5 Å². The number of fused-ring (bicyclic) bond motifs is 1. The fourth-order valence-corrected chi connectivity index (χ4v) is 5.34. The summed E-state index contributed by atoms with van der Waals surface area (Å²) >= 11 is 0. The number of hydrogen-bond donors (Lipinski definition) is 2. The van der Waals surface area contributed by atoms with E-state index in [1.807, 2.05) is 25.4 Å². The SMILES string of the molecule is CN1C(=O)CCc2cc(-c3cncc(N4CCN(CC(=O)NC5CCC(N)CC5)CC4)n3)ccc21. The van der Waals surface area contributed by atoms with Gasteiger partial charge < -0.3 is 20.9 Å². The topological polar surface area (TPSA) is 108 Å². The number of carbonyl (C=O) groups excluding carboxylic acids is 2. The Labute approximate surface area is 206 Å². The zero-order valence-corrected chi connectivity index (χ0v) is 20.4. The first-order valence-electron chi connectivity index (χ1n) is 12.7. The summed E-state index contributed by atoms with van der Waals surface area (Å²) in [7, 11) is 1.83. The Morgan fingerprint density at radius 1 is 1.09 bits per heavy atom. The molecule has 2 fully saturated rings. The number of rotatable bonds is 5. The average Bonchev–Trinajstić information content (AvgIpc) is 2.88. The minimum Gasteiger partial charge on any atom is -0.353 e. The van der Waals surface area contributed by atoms with Crippen LogP contribution in [0.5, 0.6) is 0 Å². The zero-order chi connectivity index (χ0) is 24.4. The van der Waals surface area contributed by atoms with Crippen molar-refractivity contribution in [2.45, 2.75) is 50.6 Å². The van der Waals surface area contributed by atoms with E-state index in [4.69, 9.17) is 10.7 Å². The molecule has 2 aromatic rings. The molecule has 3 N–H and O–H groups in total. The Morgan fingerprint density at radius 3 is 2.63 bits per heavy atom. The van der Waals surface area contributed by atoms with Gasteiger partial charge in [0.1, 0.15) is 5.82 Å². The smallest absolute Gasteiger partial charge is 0.234 e. The molecule has 0 atom stereocenters. The van der Waals surface area contributed by atoms with Crippen LogP contribution in [-0.4, -0.2) is 78.5 Å². The Balaban J connectivity index is 1.17. The first-order valence-corrected chi connectivity index (χ1v) is 12.7. The van der Waals surface area contributed by atoms with Gasteiger partial charge in [0.25, 0.3) is 0 Å². The molecule has 0 bridgehead atoms. The molecule has 0 unspecified atom stereocenters. The maximum atomic E-state index is 12.5. The Bertz CT molecular complexity index is 1080. The van der Waals surface area contributed by atoms with Crippen molar-refractivity contribution in [1.82, 2.24) is 20.2 Å². The van der Waals surface area contributed by atoms with Crippen molar-refractivity contribution in [2.24, 2.45) is 5.73 Å². The predicted molar refractivity (Wildman–Crippen MR) is 136 cm³/mol. The van der Waals surface area contributed by atoms with Crippen LogP contribution < -0.4 is 20.9 Å². The number of hydrogen-bond acceptors (Lipinski definition) is 7. The van der Waals surface area contributed by atoms with Gasteiger partial charge in [-0.25, -0.2) is 4.98 Å². The minimum absolute atomic E-state index is 0.112. The average molecular weight is 478 g/mol. The number of aromatic nitrogens is 2. The number of nitrogens with one attached hydrogen (secondary N) is 1. The van der Waals surface area contributed by atoms with Crippen LogP contribution in [0.3, 0.4) is 0 Å². The lowest BCUT2D eigenvalue weighted by Crippen LogP contribution is -2.51. The normalized spacial score (nSPS) is 23.2. The largest absolute Gasteiger partial charge is 0.353 e. The summed E-state index contributed by atoms with van der Waals surface area (Å²) in [6, 6.07) is 6.70. The molecule has 1 saturated carbocycles. The molecule has 3 heterocycles. The van der Waals surface area contributed by atoms with Crippen molar-refractivity contribution < 1.29 is 9.59 Å².